The molecule has 0 saturated heterocycles. The summed E-state index contributed by atoms with van der Waals surface area (Å²) < 4.78 is 41.1. The number of hydrogen-bond acceptors (Lipinski definition) is 4. The highest BCUT2D eigenvalue weighted by molar-refractivity contribution is 7.89. The van der Waals surface area contributed by atoms with Crippen LogP contribution in [0.5, 0.6) is 5.75 Å². The monoisotopic (exact) mass is 290 g/mol. The number of sulfonamides is 1. The minimum Gasteiger partial charge on any atom is -0.492 e. The average molecular weight is 290 g/mol. The number of carbonyl (C=O) groups excluding carboxylic acids is 1. The lowest BCUT2D eigenvalue weighted by atomic mass is 10.2. The Bertz CT molecular complexity index is 587. The summed E-state index contributed by atoms with van der Waals surface area (Å²) in [4.78, 5) is 11.1. The predicted molar refractivity (Wildman–Crippen MR) is 66.9 cm³/mol. The van der Waals surface area contributed by atoms with Crippen LogP contribution < -0.4 is 15.2 Å². The largest absolute Gasteiger partial charge is 0.492 e. The van der Waals surface area contributed by atoms with Crippen molar-refractivity contribution in [1.82, 2.24) is 5.32 Å². The summed E-state index contributed by atoms with van der Waals surface area (Å²) in [6.45, 7) is 2.25. The molecular formula is C11H15FN2O4S. The molecule has 0 spiro atoms. The van der Waals surface area contributed by atoms with Gasteiger partial charge >= 0.3 is 0 Å². The van der Waals surface area contributed by atoms with Gasteiger partial charge < -0.3 is 10.1 Å². The van der Waals surface area contributed by atoms with Crippen LogP contribution in [0, 0.1) is 5.82 Å². The maximum Gasteiger partial charge on any atom is 0.251 e. The molecule has 0 aliphatic rings. The number of primary sulfonamides is 1. The molecule has 3 N–H and O–H groups in total. The van der Waals surface area contributed by atoms with Crippen LogP contribution in [0.4, 0.5) is 4.39 Å². The minimum absolute atomic E-state index is 0.129. The highest BCUT2D eigenvalue weighted by Crippen LogP contribution is 2.27. The van der Waals surface area contributed by atoms with Gasteiger partial charge in [-0.25, -0.2) is 17.9 Å². The molecule has 0 heterocycles. The molecule has 0 radical (unpaired) electrons. The van der Waals surface area contributed by atoms with Crippen LogP contribution in [-0.4, -0.2) is 28.0 Å². The third-order valence-electron chi connectivity index (χ3n) is 2.32. The molecule has 0 aliphatic carbocycles. The molecule has 0 saturated carbocycles. The van der Waals surface area contributed by atoms with Gasteiger partial charge in [-0.3, -0.25) is 4.79 Å². The van der Waals surface area contributed by atoms with E-state index in [1.807, 2.05) is 6.92 Å². The van der Waals surface area contributed by atoms with Crippen molar-refractivity contribution in [3.8, 4) is 5.75 Å². The normalized spacial score (nSPS) is 11.2. The minimum atomic E-state index is -4.19. The second kappa shape index (κ2) is 5.98. The van der Waals surface area contributed by atoms with Gasteiger partial charge in [0.15, 0.2) is 11.6 Å². The molecule has 0 unspecified atom stereocenters. The van der Waals surface area contributed by atoms with Gasteiger partial charge in [0.2, 0.25) is 10.0 Å². The van der Waals surface area contributed by atoms with Gasteiger partial charge in [0.1, 0.15) is 4.90 Å². The molecular weight excluding hydrogens is 275 g/mol. The Kier molecular flexibility index (Phi) is 4.84. The molecule has 1 aromatic rings. The van der Waals surface area contributed by atoms with Gasteiger partial charge in [-0.2, -0.15) is 0 Å². The fraction of sp³-hybridized carbons (Fsp3) is 0.364. The third kappa shape index (κ3) is 3.65. The molecule has 19 heavy (non-hydrogen) atoms. The molecule has 0 aliphatic heterocycles. The van der Waals surface area contributed by atoms with E-state index in [-0.39, 0.29) is 5.56 Å². The van der Waals surface area contributed by atoms with Crippen LogP contribution in [0.15, 0.2) is 17.0 Å². The Morgan fingerprint density at radius 2 is 2.11 bits per heavy atom. The van der Waals surface area contributed by atoms with Crippen LogP contribution in [0.3, 0.4) is 0 Å². The summed E-state index contributed by atoms with van der Waals surface area (Å²) in [6.07, 6.45) is 0.701. The number of nitrogens with two attached hydrogens (primary N) is 1. The zero-order valence-electron chi connectivity index (χ0n) is 10.6. The zero-order valence-corrected chi connectivity index (χ0v) is 11.4. The Morgan fingerprint density at radius 3 is 2.58 bits per heavy atom. The summed E-state index contributed by atoms with van der Waals surface area (Å²) in [5.41, 5.74) is -0.129. The quantitative estimate of drug-likeness (QED) is 0.830. The number of ether oxygens (including phenoxy) is 1. The molecule has 0 fully saturated rings. The van der Waals surface area contributed by atoms with Crippen molar-refractivity contribution in [2.45, 2.75) is 18.2 Å². The highest BCUT2D eigenvalue weighted by Gasteiger charge is 2.22. The number of carbonyl (C=O) groups is 1. The highest BCUT2D eigenvalue weighted by atomic mass is 32.2. The SMILES string of the molecule is CCCNC(=O)c1cc(F)c(OC)c(S(N)(=O)=O)c1. The molecule has 1 aromatic carbocycles. The Labute approximate surface area is 110 Å². The first-order chi connectivity index (χ1) is 8.81. The van der Waals surface area contributed by atoms with Crippen molar-refractivity contribution >= 4 is 15.9 Å². The van der Waals surface area contributed by atoms with E-state index in [0.717, 1.165) is 19.2 Å². The molecule has 6 nitrogen and oxygen atoms in total. The van der Waals surface area contributed by atoms with Crippen molar-refractivity contribution in [1.29, 1.82) is 0 Å². The second-order valence-electron chi connectivity index (χ2n) is 3.79. The summed E-state index contributed by atoms with van der Waals surface area (Å²) in [5, 5.41) is 7.47. The van der Waals surface area contributed by atoms with Gasteiger partial charge in [0.25, 0.3) is 5.91 Å². The Morgan fingerprint density at radius 1 is 1.47 bits per heavy atom. The summed E-state index contributed by atoms with van der Waals surface area (Å²) in [6, 6.07) is 1.89. The number of methoxy groups -OCH3 is 1. The first-order valence-electron chi connectivity index (χ1n) is 5.49. The predicted octanol–water partition coefficient (Wildman–Crippen LogP) is 0.622. The zero-order chi connectivity index (χ0) is 14.6. The summed E-state index contributed by atoms with van der Waals surface area (Å²) >= 11 is 0. The van der Waals surface area contributed by atoms with E-state index in [1.54, 1.807) is 0 Å². The van der Waals surface area contributed by atoms with Gasteiger partial charge in [0.05, 0.1) is 7.11 Å². The number of nitrogens with one attached hydrogen (secondary N) is 1. The average Bonchev–Trinajstić information content (AvgIpc) is 2.33. The van der Waals surface area contributed by atoms with E-state index in [1.165, 1.54) is 0 Å². The van der Waals surface area contributed by atoms with Crippen molar-refractivity contribution in [3.05, 3.63) is 23.5 Å². The summed E-state index contributed by atoms with van der Waals surface area (Å²) in [5.74, 6) is -2.04. The molecule has 8 heteroatoms. The fourth-order valence-electron chi connectivity index (χ4n) is 1.45. The Balaban J connectivity index is 3.32. The van der Waals surface area contributed by atoms with E-state index in [9.17, 15) is 17.6 Å². The number of hydrogen-bond donors (Lipinski definition) is 2. The first-order valence-corrected chi connectivity index (χ1v) is 7.04. The van der Waals surface area contributed by atoms with Crippen molar-refractivity contribution in [3.63, 3.8) is 0 Å². The van der Waals surface area contributed by atoms with E-state index >= 15 is 0 Å². The van der Waals surface area contributed by atoms with Crippen molar-refractivity contribution in [2.75, 3.05) is 13.7 Å². The van der Waals surface area contributed by atoms with E-state index in [4.69, 9.17) is 5.14 Å². The molecule has 0 atom stereocenters. The fourth-order valence-corrected chi connectivity index (χ4v) is 2.18. The van der Waals surface area contributed by atoms with Crippen LogP contribution in [-0.2, 0) is 10.0 Å². The maximum atomic E-state index is 13.7. The Hall–Kier alpha value is -1.67. The van der Waals surface area contributed by atoms with Gasteiger partial charge in [-0.05, 0) is 18.6 Å². The lowest BCUT2D eigenvalue weighted by Gasteiger charge is -2.10. The van der Waals surface area contributed by atoms with Crippen LogP contribution in [0.25, 0.3) is 0 Å². The first kappa shape index (κ1) is 15.4. The molecule has 1 amide bonds. The number of halogens is 1. The number of rotatable bonds is 5. The van der Waals surface area contributed by atoms with Gasteiger partial charge in [-0.15, -0.1) is 0 Å². The van der Waals surface area contributed by atoms with Crippen molar-refractivity contribution < 1.29 is 22.3 Å². The molecule has 0 aromatic heterocycles. The van der Waals surface area contributed by atoms with Crippen LogP contribution in [0.2, 0.25) is 0 Å². The van der Waals surface area contributed by atoms with E-state index < -0.39 is 32.4 Å². The topological polar surface area (TPSA) is 98.5 Å². The van der Waals surface area contributed by atoms with Gasteiger partial charge in [-0.1, -0.05) is 6.92 Å². The van der Waals surface area contributed by atoms with Crippen LogP contribution in [0.1, 0.15) is 23.7 Å². The molecule has 1 rings (SSSR count). The van der Waals surface area contributed by atoms with Crippen LogP contribution >= 0.6 is 0 Å². The summed E-state index contributed by atoms with van der Waals surface area (Å²) in [7, 11) is -3.07. The standard InChI is InChI=1S/C11H15FN2O4S/c1-3-4-14-11(15)7-5-8(12)10(18-2)9(6-7)19(13,16)17/h5-6H,3-4H2,1-2H3,(H,14,15)(H2,13,16,17). The van der Waals surface area contributed by atoms with E-state index in [0.29, 0.717) is 13.0 Å². The number of benzene rings is 1. The lowest BCUT2D eigenvalue weighted by molar-refractivity contribution is 0.0953. The smallest absolute Gasteiger partial charge is 0.251 e. The molecule has 0 bridgehead atoms. The number of amides is 1. The maximum absolute atomic E-state index is 13.7. The molecule has 106 valence electrons. The van der Waals surface area contributed by atoms with Gasteiger partial charge in [0, 0.05) is 12.1 Å². The van der Waals surface area contributed by atoms with E-state index in [2.05, 4.69) is 10.1 Å². The third-order valence-corrected chi connectivity index (χ3v) is 3.23. The lowest BCUT2D eigenvalue weighted by Crippen LogP contribution is -2.25. The second-order valence-corrected chi connectivity index (χ2v) is 5.32. The van der Waals surface area contributed by atoms with Crippen molar-refractivity contribution in [2.24, 2.45) is 5.14 Å².